The number of hydrogen-bond donors (Lipinski definition) is 8. The van der Waals surface area contributed by atoms with Gasteiger partial charge in [0, 0.05) is 19.5 Å². The van der Waals surface area contributed by atoms with Crippen LogP contribution in [0.25, 0.3) is 0 Å². The summed E-state index contributed by atoms with van der Waals surface area (Å²) in [6, 6.07) is -6.36. The third-order valence-electron chi connectivity index (χ3n) is 9.48. The molecule has 16 nitrogen and oxygen atoms in total. The molecule has 1 fully saturated rings. The van der Waals surface area contributed by atoms with Crippen molar-refractivity contribution in [3.63, 3.8) is 0 Å². The summed E-state index contributed by atoms with van der Waals surface area (Å²) in [6.45, 7) is 13.5. The maximum atomic E-state index is 13.7. The van der Waals surface area contributed by atoms with Crippen molar-refractivity contribution in [3.05, 3.63) is 0 Å². The van der Waals surface area contributed by atoms with Gasteiger partial charge in [-0.05, 0) is 50.4 Å². The highest BCUT2D eigenvalue weighted by atomic mass is 16.4. The number of nitrogens with one attached hydrogen (secondary N) is 7. The molecule has 1 heterocycles. The van der Waals surface area contributed by atoms with Crippen LogP contribution in [0.5, 0.6) is 0 Å². The molecule has 0 aliphatic carbocycles. The minimum Gasteiger partial charge on any atom is -0.481 e. The van der Waals surface area contributed by atoms with E-state index in [9.17, 15) is 43.5 Å². The molecule has 1 saturated heterocycles. The number of rotatable bonds is 15. The lowest BCUT2D eigenvalue weighted by molar-refractivity contribution is -0.141. The Kier molecular flexibility index (Phi) is 22.0. The van der Waals surface area contributed by atoms with Crippen molar-refractivity contribution < 1.29 is 43.5 Å². The number of carboxylic acids is 1. The Balaban J connectivity index is 3.36. The van der Waals surface area contributed by atoms with E-state index in [0.717, 1.165) is 25.7 Å². The molecule has 0 aromatic carbocycles. The van der Waals surface area contributed by atoms with Crippen LogP contribution in [-0.2, 0) is 38.4 Å². The second-order valence-electron chi connectivity index (χ2n) is 14.7. The first-order chi connectivity index (χ1) is 25.0. The Hall–Kier alpha value is -4.24. The molecule has 1 unspecified atom stereocenters. The first kappa shape index (κ1) is 46.8. The fourth-order valence-corrected chi connectivity index (χ4v) is 5.54. The number of aliphatic carboxylic acids is 1. The van der Waals surface area contributed by atoms with Crippen LogP contribution in [0.4, 0.5) is 0 Å². The molecule has 0 aromatic heterocycles. The second kappa shape index (κ2) is 24.9. The third-order valence-corrected chi connectivity index (χ3v) is 9.48. The molecule has 0 spiro atoms. The first-order valence-electron chi connectivity index (χ1n) is 19.3. The van der Waals surface area contributed by atoms with Crippen LogP contribution >= 0.6 is 0 Å². The molecular formula is C37H65N7O9. The van der Waals surface area contributed by atoms with Crippen LogP contribution in [0.15, 0.2) is 0 Å². The Morgan fingerprint density at radius 3 is 2.15 bits per heavy atom. The van der Waals surface area contributed by atoms with Crippen molar-refractivity contribution in [1.29, 1.82) is 0 Å². The molecule has 53 heavy (non-hydrogen) atoms. The average Bonchev–Trinajstić information content (AvgIpc) is 3.09. The Bertz CT molecular complexity index is 1240. The third kappa shape index (κ3) is 18.9. The first-order valence-corrected chi connectivity index (χ1v) is 19.3. The van der Waals surface area contributed by atoms with Crippen LogP contribution in [0.3, 0.4) is 0 Å². The molecule has 302 valence electrons. The summed E-state index contributed by atoms with van der Waals surface area (Å²) >= 11 is 0. The number of amides is 7. The van der Waals surface area contributed by atoms with Gasteiger partial charge in [-0.25, -0.2) is 0 Å². The molecule has 1 aliphatic rings. The van der Waals surface area contributed by atoms with E-state index in [1.807, 2.05) is 20.8 Å². The minimum absolute atomic E-state index is 0.108. The van der Waals surface area contributed by atoms with Gasteiger partial charge in [0.05, 0.1) is 12.8 Å². The zero-order valence-corrected chi connectivity index (χ0v) is 32.7. The van der Waals surface area contributed by atoms with Gasteiger partial charge in [0.2, 0.25) is 41.4 Å². The summed E-state index contributed by atoms with van der Waals surface area (Å²) in [4.78, 5) is 104. The fraction of sp³-hybridized carbons (Fsp3) is 0.784. The molecule has 1 rings (SSSR count). The lowest BCUT2D eigenvalue weighted by Gasteiger charge is -2.28. The Labute approximate surface area is 314 Å². The van der Waals surface area contributed by atoms with Gasteiger partial charge in [-0.3, -0.25) is 38.4 Å². The van der Waals surface area contributed by atoms with E-state index in [2.05, 4.69) is 51.1 Å². The van der Waals surface area contributed by atoms with E-state index in [1.54, 1.807) is 6.92 Å². The van der Waals surface area contributed by atoms with Crippen molar-refractivity contribution in [2.24, 2.45) is 17.8 Å². The number of hydrogen-bond acceptors (Lipinski definition) is 8. The zero-order chi connectivity index (χ0) is 40.1. The summed E-state index contributed by atoms with van der Waals surface area (Å²) in [5.74, 6) is -5.77. The highest BCUT2D eigenvalue weighted by molar-refractivity contribution is 5.98. The molecule has 1 aliphatic heterocycles. The summed E-state index contributed by atoms with van der Waals surface area (Å²) in [7, 11) is 0. The summed E-state index contributed by atoms with van der Waals surface area (Å²) in [5.41, 5.74) is 0. The van der Waals surface area contributed by atoms with Crippen LogP contribution in [0.1, 0.15) is 126 Å². The average molecular weight is 752 g/mol. The maximum absolute atomic E-state index is 13.7. The predicted molar refractivity (Wildman–Crippen MR) is 199 cm³/mol. The predicted octanol–water partition coefficient (Wildman–Crippen LogP) is 1.41. The van der Waals surface area contributed by atoms with Crippen LogP contribution in [0.2, 0.25) is 0 Å². The van der Waals surface area contributed by atoms with Gasteiger partial charge in [-0.15, -0.1) is 0 Å². The van der Waals surface area contributed by atoms with Crippen LogP contribution in [-0.4, -0.2) is 95.7 Å². The second-order valence-corrected chi connectivity index (χ2v) is 14.7. The lowest BCUT2D eigenvalue weighted by atomic mass is 9.97. The van der Waals surface area contributed by atoms with Gasteiger partial charge >= 0.3 is 5.97 Å². The Morgan fingerprint density at radius 2 is 1.53 bits per heavy atom. The van der Waals surface area contributed by atoms with Crippen molar-refractivity contribution in [1.82, 2.24) is 37.2 Å². The lowest BCUT2D eigenvalue weighted by Crippen LogP contribution is -2.60. The van der Waals surface area contributed by atoms with E-state index in [0.29, 0.717) is 31.6 Å². The molecule has 0 radical (unpaired) electrons. The number of unbranched alkanes of at least 4 members (excludes halogenated alkanes) is 2. The molecule has 0 aromatic rings. The fourth-order valence-electron chi connectivity index (χ4n) is 5.54. The quantitative estimate of drug-likeness (QED) is 0.113. The SMILES string of the molecule is CCC(C)CNC(=O)[C@@H]1CC(=O)NCCCC[C@H](NC(=O)CCCCCC(C)C)C(=O)N[C@@H]([C@@H](C)CC)C(=O)N[C@@H](C)C(=O)N[C@@H](CC(=O)O)C(=O)N1. The van der Waals surface area contributed by atoms with Gasteiger partial charge in [0.25, 0.3) is 0 Å². The van der Waals surface area contributed by atoms with Crippen LogP contribution in [0, 0.1) is 17.8 Å². The summed E-state index contributed by atoms with van der Waals surface area (Å²) in [5, 5.41) is 27.8. The minimum atomic E-state index is -1.65. The zero-order valence-electron chi connectivity index (χ0n) is 32.7. The summed E-state index contributed by atoms with van der Waals surface area (Å²) < 4.78 is 0. The van der Waals surface area contributed by atoms with Gasteiger partial charge < -0.3 is 42.3 Å². The van der Waals surface area contributed by atoms with Crippen LogP contribution < -0.4 is 37.2 Å². The normalized spacial score (nSPS) is 24.0. The molecule has 8 N–H and O–H groups in total. The van der Waals surface area contributed by atoms with E-state index < -0.39 is 84.5 Å². The van der Waals surface area contributed by atoms with Crippen molar-refractivity contribution >= 4 is 47.3 Å². The van der Waals surface area contributed by atoms with Crippen molar-refractivity contribution in [2.45, 2.75) is 156 Å². The van der Waals surface area contributed by atoms with E-state index in [1.165, 1.54) is 6.92 Å². The van der Waals surface area contributed by atoms with Gasteiger partial charge in [-0.2, -0.15) is 0 Å². The van der Waals surface area contributed by atoms with E-state index >= 15 is 0 Å². The topological polar surface area (TPSA) is 241 Å². The molecule has 0 saturated carbocycles. The number of carbonyl (C=O) groups excluding carboxylic acids is 7. The monoisotopic (exact) mass is 751 g/mol. The van der Waals surface area contributed by atoms with Crippen molar-refractivity contribution in [2.75, 3.05) is 13.1 Å². The highest BCUT2D eigenvalue weighted by Crippen LogP contribution is 2.13. The van der Waals surface area contributed by atoms with E-state index in [4.69, 9.17) is 0 Å². The standard InChI is InChI=1S/C37H65N7O9/c1-8-23(5)21-39-34(50)27-19-30(46)38-18-14-13-16-26(41-29(45)17-12-10-11-15-22(3)4)35(51)44-32(24(6)9-2)37(53)40-25(7)33(49)42-28(20-31(47)48)36(52)43-27/h22-28,32H,8-21H2,1-7H3,(H,38,46)(H,39,50)(H,40,53)(H,41,45)(H,42,49)(H,43,52)(H,44,51)(H,47,48)/t23?,24-,25-,26-,27-,28-,32-/m0/s1. The largest absolute Gasteiger partial charge is 0.481 e. The maximum Gasteiger partial charge on any atom is 0.305 e. The summed E-state index contributed by atoms with van der Waals surface area (Å²) in [6.07, 6.45) is 4.84. The highest BCUT2D eigenvalue weighted by Gasteiger charge is 2.34. The molecule has 0 bridgehead atoms. The number of carboxylic acid groups (broad SMARTS) is 1. The molecule has 7 atom stereocenters. The van der Waals surface area contributed by atoms with Gasteiger partial charge in [0.1, 0.15) is 30.2 Å². The van der Waals surface area contributed by atoms with E-state index in [-0.39, 0.29) is 43.7 Å². The molecule has 7 amide bonds. The van der Waals surface area contributed by atoms with Crippen molar-refractivity contribution in [3.8, 4) is 0 Å². The van der Waals surface area contributed by atoms with Gasteiger partial charge in [-0.1, -0.05) is 73.6 Å². The Morgan fingerprint density at radius 1 is 0.830 bits per heavy atom. The van der Waals surface area contributed by atoms with Gasteiger partial charge in [0.15, 0.2) is 0 Å². The molecular weight excluding hydrogens is 686 g/mol. The molecule has 16 heteroatoms. The smallest absolute Gasteiger partial charge is 0.305 e. The number of carbonyl (C=O) groups is 8.